The first-order valence-corrected chi connectivity index (χ1v) is 7.80. The minimum atomic E-state index is -3.20. The van der Waals surface area contributed by atoms with Crippen LogP contribution in [-0.4, -0.2) is 25.6 Å². The molecule has 6 heteroatoms. The molecular weight excluding hydrogens is 276 g/mol. The zero-order valence-corrected chi connectivity index (χ0v) is 11.7. The van der Waals surface area contributed by atoms with Crippen molar-refractivity contribution in [3.8, 4) is 0 Å². The highest BCUT2D eigenvalue weighted by Crippen LogP contribution is 2.15. The van der Waals surface area contributed by atoms with Gasteiger partial charge in [-0.05, 0) is 29.8 Å². The quantitative estimate of drug-likeness (QED) is 0.915. The molecule has 0 saturated carbocycles. The molecule has 0 radical (unpaired) electrons. The van der Waals surface area contributed by atoms with Crippen molar-refractivity contribution in [3.05, 3.63) is 59.4 Å². The topological polar surface area (TPSA) is 90.1 Å². The number of sulfone groups is 1. The second kappa shape index (κ2) is 5.42. The molecule has 0 aliphatic rings. The van der Waals surface area contributed by atoms with Crippen LogP contribution in [0.3, 0.4) is 0 Å². The average Bonchev–Trinajstić information content (AvgIpc) is 2.38. The summed E-state index contributed by atoms with van der Waals surface area (Å²) in [6, 6.07) is 9.76. The number of carbonyl (C=O) groups excluding carboxylic acids is 1. The average molecular weight is 290 g/mol. The summed E-state index contributed by atoms with van der Waals surface area (Å²) >= 11 is 0. The number of rotatable bonds is 4. The minimum absolute atomic E-state index is 0.261. The zero-order valence-electron chi connectivity index (χ0n) is 10.9. The molecule has 2 N–H and O–H groups in total. The number of hydrogen-bond donors (Lipinski definition) is 1. The van der Waals surface area contributed by atoms with Gasteiger partial charge in [-0.1, -0.05) is 12.1 Å². The summed E-state index contributed by atoms with van der Waals surface area (Å²) in [6.45, 7) is 0. The standard InChI is InChI=1S/C14H14N2O3S/c1-20(18,19)11-6-4-10(5-7-11)9-13-12(14(15)17)3-2-8-16-13/h2-8H,9H2,1H3,(H2,15,17). The fourth-order valence-electron chi connectivity index (χ4n) is 1.85. The van der Waals surface area contributed by atoms with Gasteiger partial charge >= 0.3 is 0 Å². The minimum Gasteiger partial charge on any atom is -0.366 e. The van der Waals surface area contributed by atoms with E-state index in [0.717, 1.165) is 11.8 Å². The Labute approximate surface area is 117 Å². The summed E-state index contributed by atoms with van der Waals surface area (Å²) < 4.78 is 22.7. The molecule has 0 aliphatic carbocycles. The van der Waals surface area contributed by atoms with Crippen LogP contribution in [0.25, 0.3) is 0 Å². The molecule has 2 aromatic rings. The van der Waals surface area contributed by atoms with Crippen LogP contribution in [0.5, 0.6) is 0 Å². The van der Waals surface area contributed by atoms with Gasteiger partial charge in [-0.15, -0.1) is 0 Å². The van der Waals surface area contributed by atoms with E-state index in [-0.39, 0.29) is 4.90 Å². The molecule has 1 amide bonds. The van der Waals surface area contributed by atoms with E-state index in [2.05, 4.69) is 4.98 Å². The summed E-state index contributed by atoms with van der Waals surface area (Å²) in [5.41, 5.74) is 7.10. The SMILES string of the molecule is CS(=O)(=O)c1ccc(Cc2ncccc2C(N)=O)cc1. The zero-order chi connectivity index (χ0) is 14.8. The fourth-order valence-corrected chi connectivity index (χ4v) is 2.48. The van der Waals surface area contributed by atoms with Crippen molar-refractivity contribution in [2.45, 2.75) is 11.3 Å². The van der Waals surface area contributed by atoms with Gasteiger partial charge in [0.2, 0.25) is 0 Å². The van der Waals surface area contributed by atoms with Gasteiger partial charge in [-0.25, -0.2) is 8.42 Å². The number of benzene rings is 1. The van der Waals surface area contributed by atoms with Crippen LogP contribution in [0.1, 0.15) is 21.6 Å². The van der Waals surface area contributed by atoms with E-state index in [1.165, 1.54) is 12.1 Å². The molecule has 0 aliphatic heterocycles. The maximum atomic E-state index is 11.4. The predicted octanol–water partition coefficient (Wildman–Crippen LogP) is 1.17. The molecule has 1 aromatic heterocycles. The van der Waals surface area contributed by atoms with Crippen molar-refractivity contribution in [2.75, 3.05) is 6.26 Å². The Bertz CT molecular complexity index is 737. The first kappa shape index (κ1) is 14.2. The molecule has 1 heterocycles. The number of aromatic nitrogens is 1. The van der Waals surface area contributed by atoms with E-state index >= 15 is 0 Å². The van der Waals surface area contributed by atoms with Crippen molar-refractivity contribution >= 4 is 15.7 Å². The van der Waals surface area contributed by atoms with Crippen molar-refractivity contribution in [3.63, 3.8) is 0 Å². The summed E-state index contributed by atoms with van der Waals surface area (Å²) in [6.07, 6.45) is 3.17. The van der Waals surface area contributed by atoms with Crippen LogP contribution in [0, 0.1) is 0 Å². The maximum absolute atomic E-state index is 11.4. The van der Waals surface area contributed by atoms with Crippen molar-refractivity contribution in [2.24, 2.45) is 5.73 Å². The largest absolute Gasteiger partial charge is 0.366 e. The molecule has 0 fully saturated rings. The van der Waals surface area contributed by atoms with E-state index in [0.29, 0.717) is 17.7 Å². The van der Waals surface area contributed by atoms with Crippen LogP contribution in [0.4, 0.5) is 0 Å². The highest BCUT2D eigenvalue weighted by Gasteiger charge is 2.10. The van der Waals surface area contributed by atoms with Crippen LogP contribution < -0.4 is 5.73 Å². The lowest BCUT2D eigenvalue weighted by molar-refractivity contribution is 0.0999. The first-order chi connectivity index (χ1) is 9.38. The van der Waals surface area contributed by atoms with Crippen LogP contribution in [0.15, 0.2) is 47.5 Å². The molecule has 2 rings (SSSR count). The van der Waals surface area contributed by atoms with E-state index in [4.69, 9.17) is 5.73 Å². The van der Waals surface area contributed by atoms with E-state index in [1.807, 2.05) is 0 Å². The third kappa shape index (κ3) is 3.21. The van der Waals surface area contributed by atoms with Crippen molar-refractivity contribution in [1.29, 1.82) is 0 Å². The monoisotopic (exact) mass is 290 g/mol. The Hall–Kier alpha value is -2.21. The number of nitrogens with two attached hydrogens (primary N) is 1. The Kier molecular flexibility index (Phi) is 3.85. The lowest BCUT2D eigenvalue weighted by Gasteiger charge is -2.06. The maximum Gasteiger partial charge on any atom is 0.250 e. The van der Waals surface area contributed by atoms with E-state index in [1.54, 1.807) is 30.5 Å². The number of pyridine rings is 1. The van der Waals surface area contributed by atoms with Gasteiger partial charge in [0.05, 0.1) is 16.2 Å². The van der Waals surface area contributed by atoms with Gasteiger partial charge in [0, 0.05) is 18.9 Å². The molecular formula is C14H14N2O3S. The third-order valence-electron chi connectivity index (χ3n) is 2.88. The number of nitrogens with zero attached hydrogens (tertiary/aromatic N) is 1. The van der Waals surface area contributed by atoms with Crippen molar-refractivity contribution < 1.29 is 13.2 Å². The molecule has 104 valence electrons. The summed E-state index contributed by atoms with van der Waals surface area (Å²) in [5.74, 6) is -0.527. The van der Waals surface area contributed by atoms with E-state index in [9.17, 15) is 13.2 Å². The molecule has 20 heavy (non-hydrogen) atoms. The molecule has 5 nitrogen and oxygen atoms in total. The van der Waals surface area contributed by atoms with Crippen molar-refractivity contribution in [1.82, 2.24) is 4.98 Å². The first-order valence-electron chi connectivity index (χ1n) is 5.90. The van der Waals surface area contributed by atoms with Gasteiger partial charge < -0.3 is 5.73 Å². The van der Waals surface area contributed by atoms with Gasteiger partial charge in [0.15, 0.2) is 9.84 Å². The molecule has 0 spiro atoms. The number of hydrogen-bond acceptors (Lipinski definition) is 4. The molecule has 1 aromatic carbocycles. The Balaban J connectivity index is 2.30. The number of carbonyl (C=O) groups is 1. The van der Waals surface area contributed by atoms with E-state index < -0.39 is 15.7 Å². The highest BCUT2D eigenvalue weighted by molar-refractivity contribution is 7.90. The fraction of sp³-hybridized carbons (Fsp3) is 0.143. The van der Waals surface area contributed by atoms with Gasteiger partial charge in [0.25, 0.3) is 5.91 Å². The molecule has 0 bridgehead atoms. The molecule has 0 unspecified atom stereocenters. The molecule has 0 atom stereocenters. The predicted molar refractivity (Wildman–Crippen MR) is 75.1 cm³/mol. The van der Waals surface area contributed by atoms with Gasteiger partial charge in [-0.3, -0.25) is 9.78 Å². The second-order valence-electron chi connectivity index (χ2n) is 4.45. The van der Waals surface area contributed by atoms with Crippen LogP contribution in [0.2, 0.25) is 0 Å². The molecule has 0 saturated heterocycles. The number of amides is 1. The second-order valence-corrected chi connectivity index (χ2v) is 6.47. The summed E-state index contributed by atoms with van der Waals surface area (Å²) in [4.78, 5) is 15.7. The number of primary amides is 1. The normalized spacial score (nSPS) is 11.2. The third-order valence-corrected chi connectivity index (χ3v) is 4.01. The summed E-state index contributed by atoms with van der Waals surface area (Å²) in [5, 5.41) is 0. The Morgan fingerprint density at radius 3 is 2.40 bits per heavy atom. The van der Waals surface area contributed by atoms with Crippen LogP contribution >= 0.6 is 0 Å². The van der Waals surface area contributed by atoms with Gasteiger partial charge in [0.1, 0.15) is 0 Å². The van der Waals surface area contributed by atoms with Gasteiger partial charge in [-0.2, -0.15) is 0 Å². The van der Waals surface area contributed by atoms with Crippen LogP contribution in [-0.2, 0) is 16.3 Å². The Morgan fingerprint density at radius 2 is 1.85 bits per heavy atom. The summed E-state index contributed by atoms with van der Waals surface area (Å²) in [7, 11) is -3.20. The smallest absolute Gasteiger partial charge is 0.250 e. The lowest BCUT2D eigenvalue weighted by Crippen LogP contribution is -2.14. The Morgan fingerprint density at radius 1 is 1.20 bits per heavy atom. The lowest BCUT2D eigenvalue weighted by atomic mass is 10.1. The highest BCUT2D eigenvalue weighted by atomic mass is 32.2.